The summed E-state index contributed by atoms with van der Waals surface area (Å²) in [5.41, 5.74) is 3.94. The highest BCUT2D eigenvalue weighted by atomic mass is 14.9. The largest absolute Gasteiger partial charge is 0.381 e. The number of anilines is 1. The molecule has 0 saturated carbocycles. The van der Waals surface area contributed by atoms with E-state index in [0.29, 0.717) is 0 Å². The Bertz CT molecular complexity index is 729. The molecule has 2 aromatic carbocycles. The summed E-state index contributed by atoms with van der Waals surface area (Å²) in [6.45, 7) is 3.05. The van der Waals surface area contributed by atoms with E-state index >= 15 is 0 Å². The molecule has 0 fully saturated rings. The van der Waals surface area contributed by atoms with E-state index in [4.69, 9.17) is 0 Å². The van der Waals surface area contributed by atoms with Crippen LogP contribution >= 0.6 is 0 Å². The van der Waals surface area contributed by atoms with Gasteiger partial charge in [-0.1, -0.05) is 49.7 Å². The van der Waals surface area contributed by atoms with Crippen LogP contribution in [0.15, 0.2) is 60.9 Å². The third kappa shape index (κ3) is 3.05. The van der Waals surface area contributed by atoms with E-state index in [1.54, 1.807) is 0 Å². The minimum atomic E-state index is 0.835. The van der Waals surface area contributed by atoms with Gasteiger partial charge < -0.3 is 5.32 Å². The lowest BCUT2D eigenvalue weighted by Crippen LogP contribution is -2.03. The summed E-state index contributed by atoms with van der Waals surface area (Å²) in [6, 6.07) is 17.0. The zero-order valence-corrected chi connectivity index (χ0v) is 12.3. The predicted octanol–water partition coefficient (Wildman–Crippen LogP) is 4.80. The van der Waals surface area contributed by atoms with Crippen LogP contribution in [-0.4, -0.2) is 4.98 Å². The van der Waals surface area contributed by atoms with Gasteiger partial charge in [0.1, 0.15) is 0 Å². The fourth-order valence-corrected chi connectivity index (χ4v) is 2.71. The second-order valence-electron chi connectivity index (χ2n) is 5.27. The maximum atomic E-state index is 4.19. The van der Waals surface area contributed by atoms with Crippen LogP contribution < -0.4 is 5.32 Å². The van der Waals surface area contributed by atoms with E-state index in [1.807, 2.05) is 12.4 Å². The first-order valence-corrected chi connectivity index (χ1v) is 7.52. The molecule has 0 aliphatic rings. The summed E-state index contributed by atoms with van der Waals surface area (Å²) < 4.78 is 0. The number of pyridine rings is 1. The van der Waals surface area contributed by atoms with Gasteiger partial charge in [0, 0.05) is 30.0 Å². The molecule has 3 aromatic rings. The fourth-order valence-electron chi connectivity index (χ4n) is 2.71. The molecule has 2 heteroatoms. The van der Waals surface area contributed by atoms with Gasteiger partial charge >= 0.3 is 0 Å². The maximum Gasteiger partial charge on any atom is 0.0407 e. The molecule has 0 saturated heterocycles. The number of rotatable bonds is 5. The van der Waals surface area contributed by atoms with Gasteiger partial charge in [-0.3, -0.25) is 4.98 Å². The zero-order valence-electron chi connectivity index (χ0n) is 12.3. The van der Waals surface area contributed by atoms with Crippen LogP contribution in [0.2, 0.25) is 0 Å². The van der Waals surface area contributed by atoms with E-state index < -0.39 is 0 Å². The molecule has 21 heavy (non-hydrogen) atoms. The van der Waals surface area contributed by atoms with Crippen LogP contribution in [0.25, 0.3) is 10.8 Å². The normalized spacial score (nSPS) is 10.7. The number of hydrogen-bond acceptors (Lipinski definition) is 2. The third-order valence-electron chi connectivity index (χ3n) is 3.78. The SMILES string of the molecule is CCCc1ccccc1NCc1cccc2cnccc12. The van der Waals surface area contributed by atoms with Gasteiger partial charge in [0.2, 0.25) is 0 Å². The van der Waals surface area contributed by atoms with Crippen LogP contribution in [0.4, 0.5) is 5.69 Å². The van der Waals surface area contributed by atoms with Crippen molar-refractivity contribution >= 4 is 16.5 Å². The minimum Gasteiger partial charge on any atom is -0.381 e. The van der Waals surface area contributed by atoms with Gasteiger partial charge in [0.25, 0.3) is 0 Å². The van der Waals surface area contributed by atoms with Crippen LogP contribution in [0.3, 0.4) is 0 Å². The summed E-state index contributed by atoms with van der Waals surface area (Å²) in [6.07, 6.45) is 6.06. The Hall–Kier alpha value is -2.35. The summed E-state index contributed by atoms with van der Waals surface area (Å²) in [7, 11) is 0. The number of hydrogen-bond donors (Lipinski definition) is 1. The Morgan fingerprint density at radius 3 is 2.71 bits per heavy atom. The molecule has 1 N–H and O–H groups in total. The zero-order chi connectivity index (χ0) is 14.5. The van der Waals surface area contributed by atoms with E-state index in [-0.39, 0.29) is 0 Å². The third-order valence-corrected chi connectivity index (χ3v) is 3.78. The van der Waals surface area contributed by atoms with E-state index in [9.17, 15) is 0 Å². The van der Waals surface area contributed by atoms with Crippen LogP contribution in [0, 0.1) is 0 Å². The van der Waals surface area contributed by atoms with Crippen molar-refractivity contribution in [3.8, 4) is 0 Å². The molecule has 0 aliphatic carbocycles. The first-order chi connectivity index (χ1) is 10.4. The summed E-state index contributed by atoms with van der Waals surface area (Å²) >= 11 is 0. The fraction of sp³-hybridized carbons (Fsp3) is 0.211. The van der Waals surface area contributed by atoms with Gasteiger partial charge in [-0.05, 0) is 35.1 Å². The number of nitrogens with one attached hydrogen (secondary N) is 1. The number of aryl methyl sites for hydroxylation is 1. The average Bonchev–Trinajstić information content (AvgIpc) is 2.54. The Labute approximate surface area is 125 Å². The average molecular weight is 276 g/mol. The standard InChI is InChI=1S/C19H20N2/c1-2-6-15-7-3-4-10-19(15)21-14-17-9-5-8-16-13-20-12-11-18(16)17/h3-5,7-13,21H,2,6,14H2,1H3. The van der Waals surface area contributed by atoms with Crippen LogP contribution in [0.1, 0.15) is 24.5 Å². The quantitative estimate of drug-likeness (QED) is 0.724. The Kier molecular flexibility index (Phi) is 4.15. The van der Waals surface area contributed by atoms with Gasteiger partial charge in [0.15, 0.2) is 0 Å². The second-order valence-corrected chi connectivity index (χ2v) is 5.27. The summed E-state index contributed by atoms with van der Waals surface area (Å²) in [5.74, 6) is 0. The van der Waals surface area contributed by atoms with Crippen LogP contribution in [-0.2, 0) is 13.0 Å². The number of nitrogens with zero attached hydrogens (tertiary/aromatic N) is 1. The van der Waals surface area contributed by atoms with Crippen molar-refractivity contribution in [2.75, 3.05) is 5.32 Å². The molecule has 0 amide bonds. The van der Waals surface area contributed by atoms with Gasteiger partial charge in [-0.2, -0.15) is 0 Å². The van der Waals surface area contributed by atoms with Crippen molar-refractivity contribution in [1.82, 2.24) is 4.98 Å². The lowest BCUT2D eigenvalue weighted by atomic mass is 10.1. The number of benzene rings is 2. The van der Waals surface area contributed by atoms with E-state index in [1.165, 1.54) is 34.0 Å². The highest BCUT2D eigenvalue weighted by Gasteiger charge is 2.03. The van der Waals surface area contributed by atoms with Crippen LogP contribution in [0.5, 0.6) is 0 Å². The predicted molar refractivity (Wildman–Crippen MR) is 89.5 cm³/mol. The Morgan fingerprint density at radius 1 is 0.952 bits per heavy atom. The smallest absolute Gasteiger partial charge is 0.0407 e. The van der Waals surface area contributed by atoms with Crippen molar-refractivity contribution in [2.45, 2.75) is 26.3 Å². The first-order valence-electron chi connectivity index (χ1n) is 7.52. The van der Waals surface area contributed by atoms with Crippen molar-refractivity contribution in [3.63, 3.8) is 0 Å². The molecular formula is C19H20N2. The Morgan fingerprint density at radius 2 is 1.81 bits per heavy atom. The molecular weight excluding hydrogens is 256 g/mol. The molecule has 0 atom stereocenters. The van der Waals surface area contributed by atoms with Crippen molar-refractivity contribution in [3.05, 3.63) is 72.1 Å². The summed E-state index contributed by atoms with van der Waals surface area (Å²) in [5, 5.41) is 6.05. The molecule has 2 nitrogen and oxygen atoms in total. The molecule has 0 spiro atoms. The minimum absolute atomic E-state index is 0.835. The van der Waals surface area contributed by atoms with Crippen molar-refractivity contribution < 1.29 is 0 Å². The van der Waals surface area contributed by atoms with E-state index in [0.717, 1.165) is 13.0 Å². The van der Waals surface area contributed by atoms with Gasteiger partial charge in [-0.25, -0.2) is 0 Å². The molecule has 0 bridgehead atoms. The van der Waals surface area contributed by atoms with Crippen molar-refractivity contribution in [1.29, 1.82) is 0 Å². The molecule has 1 heterocycles. The van der Waals surface area contributed by atoms with Gasteiger partial charge in [0.05, 0.1) is 0 Å². The molecule has 0 radical (unpaired) electrons. The number of para-hydroxylation sites is 1. The first kappa shape index (κ1) is 13.6. The topological polar surface area (TPSA) is 24.9 Å². The number of fused-ring (bicyclic) bond motifs is 1. The number of aromatic nitrogens is 1. The molecule has 0 unspecified atom stereocenters. The van der Waals surface area contributed by atoms with Crippen molar-refractivity contribution in [2.24, 2.45) is 0 Å². The van der Waals surface area contributed by atoms with Gasteiger partial charge in [-0.15, -0.1) is 0 Å². The highest BCUT2D eigenvalue weighted by molar-refractivity contribution is 5.85. The summed E-state index contributed by atoms with van der Waals surface area (Å²) in [4.78, 5) is 4.19. The molecule has 3 rings (SSSR count). The Balaban J connectivity index is 1.84. The monoisotopic (exact) mass is 276 g/mol. The maximum absolute atomic E-state index is 4.19. The lowest BCUT2D eigenvalue weighted by molar-refractivity contribution is 0.920. The van der Waals surface area contributed by atoms with E-state index in [2.05, 4.69) is 65.8 Å². The molecule has 1 aromatic heterocycles. The second kappa shape index (κ2) is 6.40. The lowest BCUT2D eigenvalue weighted by Gasteiger charge is -2.13. The highest BCUT2D eigenvalue weighted by Crippen LogP contribution is 2.21. The molecule has 106 valence electrons. The molecule has 0 aliphatic heterocycles.